The highest BCUT2D eigenvalue weighted by atomic mass is 19.4. The highest BCUT2D eigenvalue weighted by Gasteiger charge is 2.29. The fourth-order valence-corrected chi connectivity index (χ4v) is 2.47. The standard InChI is InChI=1S/C12H17NO5.C8H12N2O3.C2HF3O2.C2H6O/c1-2-18-12(16)4-3-8-17-9-7-13-10(14)5-6-11(13)15;9-3-5-13-6-4-10-7(11)1-2-8(10)12;3-2(4,5)1(6)7;1-2-3/h5-6H,2-4,7-9H2,1H3;1-2H,3-6,9H2;(H,6,7);3H,2H2,1H3. The second-order valence-electron chi connectivity index (χ2n) is 7.41. The molecule has 2 heterocycles. The number of aliphatic carboxylic acids is 1. The smallest absolute Gasteiger partial charge is 0.430 e. The van der Waals surface area contributed by atoms with Crippen LogP contribution in [0.3, 0.4) is 0 Å². The van der Waals surface area contributed by atoms with Crippen LogP contribution >= 0.6 is 0 Å². The SMILES string of the molecule is CCO.CCOC(=O)CCCOCCN1C(=O)C=CC1=O.O=C([O-])C(F)(F)F.[NH3+]CCOCCN1C(=O)C=CC1=O. The molecule has 2 aliphatic rings. The Balaban J connectivity index is 0. The molecule has 0 aromatic carbocycles. The minimum atomic E-state index is -5.19. The van der Waals surface area contributed by atoms with E-state index in [1.807, 2.05) is 0 Å². The number of carbonyl (C=O) groups excluding carboxylic acids is 6. The Morgan fingerprint density at radius 1 is 0.854 bits per heavy atom. The molecular formula is C24H36F3N3O11. The molecule has 2 aliphatic heterocycles. The van der Waals surface area contributed by atoms with Gasteiger partial charge in [0, 0.05) is 43.9 Å². The van der Waals surface area contributed by atoms with Crippen molar-refractivity contribution in [1.82, 2.24) is 9.80 Å². The number of carboxylic acid groups (broad SMARTS) is 1. The minimum Gasteiger partial charge on any atom is -0.542 e. The second kappa shape index (κ2) is 23.1. The predicted octanol–water partition coefficient (Wildman–Crippen LogP) is -2.26. The lowest BCUT2D eigenvalue weighted by Gasteiger charge is -2.13. The number of alkyl halides is 3. The average molecular weight is 600 g/mol. The van der Waals surface area contributed by atoms with Crippen LogP contribution in [0.2, 0.25) is 0 Å². The molecule has 0 aliphatic carbocycles. The van der Waals surface area contributed by atoms with Crippen LogP contribution in [0.4, 0.5) is 13.2 Å². The topological polar surface area (TPSA) is 208 Å². The molecule has 0 saturated carbocycles. The summed E-state index contributed by atoms with van der Waals surface area (Å²) in [7, 11) is 0. The van der Waals surface area contributed by atoms with Gasteiger partial charge in [-0.1, -0.05) is 0 Å². The van der Waals surface area contributed by atoms with Crippen molar-refractivity contribution in [3.8, 4) is 0 Å². The lowest BCUT2D eigenvalue weighted by Crippen LogP contribution is -2.52. The van der Waals surface area contributed by atoms with Gasteiger partial charge < -0.3 is 35.0 Å². The molecule has 0 bridgehead atoms. The molecular weight excluding hydrogens is 563 g/mol. The van der Waals surface area contributed by atoms with Crippen molar-refractivity contribution in [1.29, 1.82) is 0 Å². The zero-order valence-corrected chi connectivity index (χ0v) is 22.9. The fourth-order valence-electron chi connectivity index (χ4n) is 2.47. The normalized spacial score (nSPS) is 13.7. The van der Waals surface area contributed by atoms with E-state index < -0.39 is 12.1 Å². The molecule has 0 unspecified atom stereocenters. The molecule has 0 aromatic heterocycles. The summed E-state index contributed by atoms with van der Waals surface area (Å²) >= 11 is 0. The zero-order valence-electron chi connectivity index (χ0n) is 22.9. The van der Waals surface area contributed by atoms with Gasteiger partial charge in [0.25, 0.3) is 23.6 Å². The van der Waals surface area contributed by atoms with Crippen LogP contribution in [0.1, 0.15) is 26.7 Å². The number of imide groups is 2. The maximum Gasteiger partial charge on any atom is 0.430 e. The molecule has 234 valence electrons. The van der Waals surface area contributed by atoms with Gasteiger partial charge in [-0.25, -0.2) is 0 Å². The number of carbonyl (C=O) groups is 6. The molecule has 0 spiro atoms. The first-order valence-corrected chi connectivity index (χ1v) is 12.3. The van der Waals surface area contributed by atoms with Crippen molar-refractivity contribution in [2.24, 2.45) is 0 Å². The highest BCUT2D eigenvalue weighted by molar-refractivity contribution is 6.13. The van der Waals surface area contributed by atoms with E-state index in [-0.39, 0.29) is 49.4 Å². The van der Waals surface area contributed by atoms with Crippen LogP contribution in [0.5, 0.6) is 0 Å². The molecule has 2 rings (SSSR count). The van der Waals surface area contributed by atoms with E-state index in [1.54, 1.807) is 13.8 Å². The molecule has 0 fully saturated rings. The largest absolute Gasteiger partial charge is 0.542 e. The molecule has 4 N–H and O–H groups in total. The Morgan fingerprint density at radius 3 is 1.54 bits per heavy atom. The number of carboxylic acids is 1. The van der Waals surface area contributed by atoms with E-state index in [2.05, 4.69) is 5.73 Å². The maximum atomic E-state index is 11.2. The number of esters is 1. The van der Waals surface area contributed by atoms with Crippen molar-refractivity contribution < 1.29 is 72.1 Å². The Bertz CT molecular complexity index is 873. The van der Waals surface area contributed by atoms with E-state index in [0.29, 0.717) is 52.4 Å². The van der Waals surface area contributed by atoms with E-state index in [4.69, 9.17) is 29.2 Å². The number of quaternary nitrogens is 1. The Morgan fingerprint density at radius 2 is 1.22 bits per heavy atom. The van der Waals surface area contributed by atoms with Crippen LogP contribution in [-0.2, 0) is 43.0 Å². The first-order valence-electron chi connectivity index (χ1n) is 12.3. The lowest BCUT2D eigenvalue weighted by molar-refractivity contribution is -0.374. The number of hydrogen-bond acceptors (Lipinski definition) is 11. The van der Waals surface area contributed by atoms with Gasteiger partial charge in [0.1, 0.15) is 5.97 Å². The number of nitrogens with zero attached hydrogens (tertiary/aromatic N) is 2. The summed E-state index contributed by atoms with van der Waals surface area (Å²) in [6, 6.07) is 0. The molecule has 4 amide bonds. The van der Waals surface area contributed by atoms with Crippen LogP contribution < -0.4 is 10.8 Å². The quantitative estimate of drug-likeness (QED) is 0.131. The first-order chi connectivity index (χ1) is 19.3. The third-order valence-corrected chi connectivity index (χ3v) is 4.21. The summed E-state index contributed by atoms with van der Waals surface area (Å²) in [6.45, 7) is 6.95. The van der Waals surface area contributed by atoms with Gasteiger partial charge >= 0.3 is 12.1 Å². The average Bonchev–Trinajstić information content (AvgIpc) is 3.39. The van der Waals surface area contributed by atoms with Crippen molar-refractivity contribution >= 4 is 35.6 Å². The predicted molar refractivity (Wildman–Crippen MR) is 131 cm³/mol. The van der Waals surface area contributed by atoms with Crippen LogP contribution in [-0.4, -0.2) is 116 Å². The number of rotatable bonds is 13. The number of aliphatic hydroxyl groups is 1. The first kappa shape index (κ1) is 39.5. The van der Waals surface area contributed by atoms with Gasteiger partial charge in [-0.2, -0.15) is 13.2 Å². The van der Waals surface area contributed by atoms with E-state index in [9.17, 15) is 37.1 Å². The molecule has 0 atom stereocenters. The summed E-state index contributed by atoms with van der Waals surface area (Å²) in [4.78, 5) is 66.4. The van der Waals surface area contributed by atoms with Gasteiger partial charge in [-0.3, -0.25) is 33.8 Å². The van der Waals surface area contributed by atoms with Gasteiger partial charge in [0.15, 0.2) is 0 Å². The second-order valence-corrected chi connectivity index (χ2v) is 7.41. The number of ether oxygens (including phenoxy) is 3. The van der Waals surface area contributed by atoms with Crippen LogP contribution in [0.15, 0.2) is 24.3 Å². The maximum absolute atomic E-state index is 11.2. The van der Waals surface area contributed by atoms with Crippen molar-refractivity contribution in [3.05, 3.63) is 24.3 Å². The monoisotopic (exact) mass is 599 g/mol. The van der Waals surface area contributed by atoms with Crippen LogP contribution in [0, 0.1) is 0 Å². The number of aliphatic hydroxyl groups excluding tert-OH is 1. The number of halogens is 3. The molecule has 17 heteroatoms. The Hall–Kier alpha value is -3.67. The Labute approximate surface area is 234 Å². The number of amides is 4. The lowest BCUT2D eigenvalue weighted by atomic mass is 10.3. The van der Waals surface area contributed by atoms with Crippen molar-refractivity contribution in [2.45, 2.75) is 32.9 Å². The zero-order chi connectivity index (χ0) is 31.8. The van der Waals surface area contributed by atoms with Gasteiger partial charge in [0.2, 0.25) is 0 Å². The third-order valence-electron chi connectivity index (χ3n) is 4.21. The summed E-state index contributed by atoms with van der Waals surface area (Å²) in [5.74, 6) is -4.39. The molecule has 0 radical (unpaired) electrons. The van der Waals surface area contributed by atoms with E-state index >= 15 is 0 Å². The van der Waals surface area contributed by atoms with E-state index in [1.165, 1.54) is 24.3 Å². The summed E-state index contributed by atoms with van der Waals surface area (Å²) in [6.07, 6.45) is 0.704. The molecule has 0 saturated heterocycles. The van der Waals surface area contributed by atoms with Crippen molar-refractivity contribution in [3.63, 3.8) is 0 Å². The summed E-state index contributed by atoms with van der Waals surface area (Å²) < 4.78 is 46.7. The van der Waals surface area contributed by atoms with Gasteiger partial charge in [-0.15, -0.1) is 0 Å². The number of hydrogen-bond donors (Lipinski definition) is 2. The van der Waals surface area contributed by atoms with Gasteiger partial charge in [0.05, 0.1) is 46.1 Å². The fraction of sp³-hybridized carbons (Fsp3) is 0.583. The van der Waals surface area contributed by atoms with E-state index in [0.717, 1.165) is 9.80 Å². The van der Waals surface area contributed by atoms with Crippen molar-refractivity contribution in [2.75, 3.05) is 59.3 Å². The third kappa shape index (κ3) is 19.9. The highest BCUT2D eigenvalue weighted by Crippen LogP contribution is 2.11. The van der Waals surface area contributed by atoms with Gasteiger partial charge in [-0.05, 0) is 20.3 Å². The Kier molecular flexibility index (Phi) is 22.2. The minimum absolute atomic E-state index is 0.240. The molecule has 41 heavy (non-hydrogen) atoms. The summed E-state index contributed by atoms with van der Waals surface area (Å²) in [5.41, 5.74) is 3.60. The summed E-state index contributed by atoms with van der Waals surface area (Å²) in [5, 5.41) is 16.4. The molecule has 14 nitrogen and oxygen atoms in total. The molecule has 0 aromatic rings. The van der Waals surface area contributed by atoms with Crippen LogP contribution in [0.25, 0.3) is 0 Å².